The van der Waals surface area contributed by atoms with Crippen molar-refractivity contribution in [1.82, 2.24) is 0 Å². The second kappa shape index (κ2) is 8.84. The lowest BCUT2D eigenvalue weighted by Crippen LogP contribution is -1.91. The Morgan fingerprint density at radius 2 is 1.65 bits per heavy atom. The molecule has 120 valence electrons. The summed E-state index contributed by atoms with van der Waals surface area (Å²) in [7, 11) is 1.66. The van der Waals surface area contributed by atoms with Gasteiger partial charge in [0.15, 0.2) is 11.5 Å². The summed E-state index contributed by atoms with van der Waals surface area (Å²) in [6.07, 6.45) is 10.6. The molecule has 23 heavy (non-hydrogen) atoms. The first-order chi connectivity index (χ1) is 11.3. The topological polar surface area (TPSA) is 18.5 Å². The summed E-state index contributed by atoms with van der Waals surface area (Å²) in [6.45, 7) is 4.17. The van der Waals surface area contributed by atoms with E-state index in [0.717, 1.165) is 29.2 Å². The zero-order chi connectivity index (χ0) is 16.5. The van der Waals surface area contributed by atoms with Gasteiger partial charge < -0.3 is 9.47 Å². The maximum absolute atomic E-state index is 5.94. The smallest absolute Gasteiger partial charge is 0.169 e. The molecule has 2 rings (SSSR count). The summed E-state index contributed by atoms with van der Waals surface area (Å²) in [5, 5.41) is 0. The molecular formula is C21H24O2. The van der Waals surface area contributed by atoms with Crippen LogP contribution in [-0.4, -0.2) is 7.11 Å². The summed E-state index contributed by atoms with van der Waals surface area (Å²) in [4.78, 5) is 0. The normalized spacial score (nSPS) is 11.3. The molecule has 2 aromatic carbocycles. The Labute approximate surface area is 139 Å². The van der Waals surface area contributed by atoms with Gasteiger partial charge in [-0.15, -0.1) is 0 Å². The van der Waals surface area contributed by atoms with Gasteiger partial charge in [-0.25, -0.2) is 0 Å². The number of ether oxygens (including phenoxy) is 2. The van der Waals surface area contributed by atoms with Crippen LogP contribution in [0.3, 0.4) is 0 Å². The van der Waals surface area contributed by atoms with Gasteiger partial charge in [0.25, 0.3) is 0 Å². The average molecular weight is 308 g/mol. The molecule has 0 spiro atoms. The highest BCUT2D eigenvalue weighted by Crippen LogP contribution is 2.32. The van der Waals surface area contributed by atoms with Crippen LogP contribution in [0, 0.1) is 0 Å². The number of rotatable bonds is 7. The van der Waals surface area contributed by atoms with Crippen LogP contribution in [-0.2, 0) is 0 Å². The fourth-order valence-electron chi connectivity index (χ4n) is 2.22. The lowest BCUT2D eigenvalue weighted by atomic mass is 10.1. The number of methoxy groups -OCH3 is 1. The predicted molar refractivity (Wildman–Crippen MR) is 98.2 cm³/mol. The molecule has 0 heterocycles. The van der Waals surface area contributed by atoms with Gasteiger partial charge >= 0.3 is 0 Å². The van der Waals surface area contributed by atoms with E-state index >= 15 is 0 Å². The van der Waals surface area contributed by atoms with E-state index in [1.807, 2.05) is 49.4 Å². The minimum absolute atomic E-state index is 0.718. The summed E-state index contributed by atoms with van der Waals surface area (Å²) >= 11 is 0. The number of allylic oxidation sites excluding steroid dienone is 2. The molecule has 0 atom stereocenters. The zero-order valence-electron chi connectivity index (χ0n) is 14.1. The van der Waals surface area contributed by atoms with Crippen LogP contribution in [0.15, 0.2) is 54.6 Å². The molecule has 0 unspecified atom stereocenters. The van der Waals surface area contributed by atoms with Crippen molar-refractivity contribution in [2.75, 3.05) is 7.11 Å². The molecular weight excluding hydrogens is 284 g/mol. The van der Waals surface area contributed by atoms with Gasteiger partial charge in [-0.2, -0.15) is 0 Å². The van der Waals surface area contributed by atoms with Crippen molar-refractivity contribution in [2.24, 2.45) is 0 Å². The van der Waals surface area contributed by atoms with E-state index in [1.54, 1.807) is 7.11 Å². The minimum Gasteiger partial charge on any atom is -0.493 e. The third kappa shape index (κ3) is 5.03. The van der Waals surface area contributed by atoms with Gasteiger partial charge in [-0.05, 0) is 48.7 Å². The molecule has 2 heteroatoms. The first-order valence-corrected chi connectivity index (χ1v) is 8.02. The van der Waals surface area contributed by atoms with Crippen molar-refractivity contribution < 1.29 is 9.47 Å². The fraction of sp³-hybridized carbons (Fsp3) is 0.238. The lowest BCUT2D eigenvalue weighted by Gasteiger charge is -2.11. The van der Waals surface area contributed by atoms with Gasteiger partial charge in [0.1, 0.15) is 5.75 Å². The van der Waals surface area contributed by atoms with E-state index in [1.165, 1.54) is 12.0 Å². The Morgan fingerprint density at radius 1 is 0.913 bits per heavy atom. The molecule has 0 saturated carbocycles. The summed E-state index contributed by atoms with van der Waals surface area (Å²) in [5.74, 6) is 2.25. The average Bonchev–Trinajstić information content (AvgIpc) is 2.58. The molecule has 2 aromatic rings. The Morgan fingerprint density at radius 3 is 2.30 bits per heavy atom. The van der Waals surface area contributed by atoms with Crippen molar-refractivity contribution in [3.05, 3.63) is 65.7 Å². The number of hydrogen-bond acceptors (Lipinski definition) is 2. The summed E-state index contributed by atoms with van der Waals surface area (Å²) in [6, 6.07) is 14.0. The fourth-order valence-corrected chi connectivity index (χ4v) is 2.22. The van der Waals surface area contributed by atoms with E-state index < -0.39 is 0 Å². The Kier molecular flexibility index (Phi) is 6.49. The Bertz CT molecular complexity index is 667. The van der Waals surface area contributed by atoms with Gasteiger partial charge in [0, 0.05) is 0 Å². The van der Waals surface area contributed by atoms with Crippen LogP contribution in [0.1, 0.15) is 37.8 Å². The minimum atomic E-state index is 0.718. The highest BCUT2D eigenvalue weighted by Gasteiger charge is 2.06. The molecule has 0 fully saturated rings. The van der Waals surface area contributed by atoms with Crippen molar-refractivity contribution in [2.45, 2.75) is 26.7 Å². The van der Waals surface area contributed by atoms with Crippen molar-refractivity contribution in [3.63, 3.8) is 0 Å². The molecule has 0 aliphatic heterocycles. The monoisotopic (exact) mass is 308 g/mol. The number of hydrogen-bond donors (Lipinski definition) is 0. The number of benzene rings is 2. The van der Waals surface area contributed by atoms with Crippen LogP contribution < -0.4 is 9.47 Å². The second-order valence-corrected chi connectivity index (χ2v) is 5.27. The molecule has 0 aromatic heterocycles. The van der Waals surface area contributed by atoms with Crippen LogP contribution in [0.2, 0.25) is 0 Å². The van der Waals surface area contributed by atoms with Gasteiger partial charge in [-0.3, -0.25) is 0 Å². The zero-order valence-corrected chi connectivity index (χ0v) is 14.1. The first kappa shape index (κ1) is 16.9. The largest absolute Gasteiger partial charge is 0.493 e. The SMILES string of the molecule is C/C=C/c1ccc(Oc2ccc(/C=C/CCC)cc2)c(OC)c1. The standard InChI is InChI=1S/C21H24O2/c1-4-6-7-9-17-10-13-19(14-11-17)23-20-15-12-18(8-5-2)16-21(20)22-3/h5,7-16H,4,6H2,1-3H3/b8-5+,9-7+. The molecule has 0 amide bonds. The quantitative estimate of drug-likeness (QED) is 0.594. The van der Waals surface area contributed by atoms with E-state index in [9.17, 15) is 0 Å². The lowest BCUT2D eigenvalue weighted by molar-refractivity contribution is 0.379. The van der Waals surface area contributed by atoms with Gasteiger partial charge in [0.05, 0.1) is 7.11 Å². The van der Waals surface area contributed by atoms with Crippen LogP contribution in [0.5, 0.6) is 17.2 Å². The van der Waals surface area contributed by atoms with Gasteiger partial charge in [-0.1, -0.05) is 55.8 Å². The van der Waals surface area contributed by atoms with E-state index in [-0.39, 0.29) is 0 Å². The van der Waals surface area contributed by atoms with Gasteiger partial charge in [0.2, 0.25) is 0 Å². The second-order valence-electron chi connectivity index (χ2n) is 5.27. The van der Waals surface area contributed by atoms with E-state index in [2.05, 4.69) is 31.2 Å². The number of unbranched alkanes of at least 4 members (excludes halogenated alkanes) is 1. The molecule has 0 aliphatic rings. The highest BCUT2D eigenvalue weighted by molar-refractivity contribution is 5.57. The molecule has 0 radical (unpaired) electrons. The molecule has 0 N–H and O–H groups in total. The van der Waals surface area contributed by atoms with Crippen molar-refractivity contribution in [1.29, 1.82) is 0 Å². The summed E-state index contributed by atoms with van der Waals surface area (Å²) < 4.78 is 11.4. The molecule has 0 aliphatic carbocycles. The third-order valence-electron chi connectivity index (χ3n) is 3.42. The van der Waals surface area contributed by atoms with Crippen LogP contribution in [0.4, 0.5) is 0 Å². The van der Waals surface area contributed by atoms with E-state index in [4.69, 9.17) is 9.47 Å². The third-order valence-corrected chi connectivity index (χ3v) is 3.42. The predicted octanol–water partition coefficient (Wildman–Crippen LogP) is 6.33. The maximum Gasteiger partial charge on any atom is 0.169 e. The van der Waals surface area contributed by atoms with Crippen molar-refractivity contribution in [3.8, 4) is 17.2 Å². The Hall–Kier alpha value is -2.48. The van der Waals surface area contributed by atoms with Crippen molar-refractivity contribution >= 4 is 12.2 Å². The molecule has 0 saturated heterocycles. The van der Waals surface area contributed by atoms with Crippen LogP contribution in [0.25, 0.3) is 12.2 Å². The van der Waals surface area contributed by atoms with E-state index in [0.29, 0.717) is 0 Å². The highest BCUT2D eigenvalue weighted by atomic mass is 16.5. The molecule has 0 bridgehead atoms. The first-order valence-electron chi connectivity index (χ1n) is 8.02. The molecule has 2 nitrogen and oxygen atoms in total. The maximum atomic E-state index is 5.94. The Balaban J connectivity index is 2.12. The van der Waals surface area contributed by atoms with Crippen LogP contribution >= 0.6 is 0 Å². The summed E-state index contributed by atoms with van der Waals surface area (Å²) in [5.41, 5.74) is 2.27.